The maximum Gasteiger partial charge on any atom is 0.408 e. The fourth-order valence-electron chi connectivity index (χ4n) is 6.95. The van der Waals surface area contributed by atoms with Gasteiger partial charge in [-0.15, -0.1) is 0 Å². The predicted octanol–water partition coefficient (Wildman–Crippen LogP) is 6.25. The van der Waals surface area contributed by atoms with Crippen molar-refractivity contribution >= 4 is 29.0 Å². The standard InChI is InChI=1S/C37H54N4O7/c1-21(2)17-24-29-20-41(30(24)34(43)48-37(6,7)8)33(42)31(36(3,4)5)40-35(44)47-28-18-22(28)13-11-10-12-14-26-32(46-29)39-27-19-23(45-9)15-16-25(27)38-26/h15-16,19,21-22,24,28-31H,10-14,17-18,20H2,1-9H3,(H,40,44). The van der Waals surface area contributed by atoms with Crippen LogP contribution < -0.4 is 14.8 Å². The van der Waals surface area contributed by atoms with Gasteiger partial charge in [0.25, 0.3) is 0 Å². The van der Waals surface area contributed by atoms with Gasteiger partial charge < -0.3 is 29.2 Å². The van der Waals surface area contributed by atoms with Crippen molar-refractivity contribution in [1.82, 2.24) is 20.2 Å². The number of fused-ring (bicyclic) bond motifs is 5. The van der Waals surface area contributed by atoms with E-state index in [1.165, 1.54) is 0 Å². The lowest BCUT2D eigenvalue weighted by molar-refractivity contribution is -0.165. The number of alkyl carbamates (subject to hydrolysis) is 1. The van der Waals surface area contributed by atoms with E-state index in [0.717, 1.165) is 43.3 Å². The van der Waals surface area contributed by atoms with Gasteiger partial charge in [-0.05, 0) is 82.3 Å². The second kappa shape index (κ2) is 14.1. The first-order chi connectivity index (χ1) is 22.5. The molecule has 0 radical (unpaired) electrons. The molecule has 1 aliphatic carbocycles. The van der Waals surface area contributed by atoms with Crippen molar-refractivity contribution in [1.29, 1.82) is 0 Å². The number of esters is 1. The zero-order chi connectivity index (χ0) is 35.0. The molecule has 5 rings (SSSR count). The van der Waals surface area contributed by atoms with Crippen molar-refractivity contribution in [3.05, 3.63) is 23.9 Å². The first-order valence-corrected chi connectivity index (χ1v) is 17.6. The van der Waals surface area contributed by atoms with Crippen molar-refractivity contribution in [2.75, 3.05) is 13.7 Å². The molecule has 1 saturated carbocycles. The Labute approximate surface area is 284 Å². The lowest BCUT2D eigenvalue weighted by Crippen LogP contribution is -2.58. The Kier molecular flexibility index (Phi) is 10.5. The Morgan fingerprint density at radius 3 is 2.44 bits per heavy atom. The first kappa shape index (κ1) is 35.7. The molecule has 2 amide bonds. The summed E-state index contributed by atoms with van der Waals surface area (Å²) in [5.41, 5.74) is 0.683. The highest BCUT2D eigenvalue weighted by atomic mass is 16.6. The Hall–Kier alpha value is -3.63. The molecule has 3 aliphatic rings. The van der Waals surface area contributed by atoms with Gasteiger partial charge in [-0.25, -0.2) is 19.6 Å². The molecular weight excluding hydrogens is 612 g/mol. The van der Waals surface area contributed by atoms with Crippen molar-refractivity contribution in [3.63, 3.8) is 0 Å². The molecular formula is C37H54N4O7. The number of aryl methyl sites for hydroxylation is 1. The summed E-state index contributed by atoms with van der Waals surface area (Å²) >= 11 is 0. The third-order valence-corrected chi connectivity index (χ3v) is 9.42. The van der Waals surface area contributed by atoms with E-state index < -0.39 is 47.2 Å². The topological polar surface area (TPSA) is 129 Å². The summed E-state index contributed by atoms with van der Waals surface area (Å²) < 4.78 is 24.0. The maximum absolute atomic E-state index is 14.6. The number of methoxy groups -OCH3 is 1. The van der Waals surface area contributed by atoms with E-state index in [9.17, 15) is 14.4 Å². The molecule has 1 N–H and O–H groups in total. The minimum Gasteiger partial charge on any atom is -0.497 e. The maximum atomic E-state index is 14.6. The Morgan fingerprint density at radius 2 is 1.77 bits per heavy atom. The molecule has 6 unspecified atom stereocenters. The van der Waals surface area contributed by atoms with Gasteiger partial charge in [-0.1, -0.05) is 47.5 Å². The number of nitrogens with zero attached hydrogens (tertiary/aromatic N) is 3. The molecule has 2 fully saturated rings. The van der Waals surface area contributed by atoms with E-state index >= 15 is 0 Å². The summed E-state index contributed by atoms with van der Waals surface area (Å²) in [7, 11) is 1.61. The smallest absolute Gasteiger partial charge is 0.408 e. The van der Waals surface area contributed by atoms with E-state index in [-0.39, 0.29) is 24.5 Å². The zero-order valence-electron chi connectivity index (χ0n) is 30.1. The number of hydrogen-bond acceptors (Lipinski definition) is 9. The van der Waals surface area contributed by atoms with Crippen LogP contribution in [0.15, 0.2) is 18.2 Å². The van der Waals surface area contributed by atoms with E-state index in [1.54, 1.807) is 12.0 Å². The van der Waals surface area contributed by atoms with Crippen molar-refractivity contribution in [2.24, 2.45) is 23.2 Å². The summed E-state index contributed by atoms with van der Waals surface area (Å²) in [6.45, 7) is 15.4. The molecule has 48 heavy (non-hydrogen) atoms. The number of nitrogens with one attached hydrogen (secondary N) is 1. The highest BCUT2D eigenvalue weighted by molar-refractivity contribution is 5.91. The fourth-order valence-corrected chi connectivity index (χ4v) is 6.95. The normalized spacial score (nSPS) is 27.2. The van der Waals surface area contributed by atoms with Crippen molar-refractivity contribution in [3.8, 4) is 11.6 Å². The van der Waals surface area contributed by atoms with Crippen LogP contribution >= 0.6 is 0 Å². The highest BCUT2D eigenvalue weighted by Crippen LogP contribution is 2.40. The van der Waals surface area contributed by atoms with Crippen molar-refractivity contribution in [2.45, 2.75) is 130 Å². The van der Waals surface area contributed by atoms with E-state index in [0.29, 0.717) is 35.9 Å². The van der Waals surface area contributed by atoms with Crippen LogP contribution in [-0.2, 0) is 25.5 Å². The van der Waals surface area contributed by atoms with Gasteiger partial charge in [0.2, 0.25) is 11.8 Å². The third-order valence-electron chi connectivity index (χ3n) is 9.42. The lowest BCUT2D eigenvalue weighted by Gasteiger charge is -2.36. The molecule has 1 aromatic carbocycles. The van der Waals surface area contributed by atoms with Crippen LogP contribution in [0.2, 0.25) is 0 Å². The van der Waals surface area contributed by atoms with Crippen LogP contribution in [-0.4, -0.2) is 76.4 Å². The largest absolute Gasteiger partial charge is 0.497 e. The highest BCUT2D eigenvalue weighted by Gasteiger charge is 2.53. The molecule has 2 aromatic rings. The van der Waals surface area contributed by atoms with Gasteiger partial charge in [0, 0.05) is 12.0 Å². The average Bonchev–Trinajstić information content (AvgIpc) is 3.62. The summed E-state index contributed by atoms with van der Waals surface area (Å²) in [6, 6.07) is 3.72. The number of hydrogen-bond donors (Lipinski definition) is 1. The van der Waals surface area contributed by atoms with Crippen LogP contribution in [0.5, 0.6) is 11.6 Å². The van der Waals surface area contributed by atoms with Gasteiger partial charge in [-0.2, -0.15) is 0 Å². The number of amides is 2. The lowest BCUT2D eigenvalue weighted by atomic mass is 9.85. The average molecular weight is 667 g/mol. The Morgan fingerprint density at radius 1 is 1.02 bits per heavy atom. The number of aromatic nitrogens is 2. The van der Waals surface area contributed by atoms with E-state index in [4.69, 9.17) is 28.9 Å². The van der Waals surface area contributed by atoms with Gasteiger partial charge in [0.05, 0.1) is 24.7 Å². The van der Waals surface area contributed by atoms with Gasteiger partial charge in [-0.3, -0.25) is 4.79 Å². The van der Waals surface area contributed by atoms with Crippen LogP contribution in [0.4, 0.5) is 4.79 Å². The molecule has 2 aliphatic heterocycles. The molecule has 11 heteroatoms. The quantitative estimate of drug-likeness (QED) is 0.377. The molecule has 0 spiro atoms. The van der Waals surface area contributed by atoms with Crippen molar-refractivity contribution < 1.29 is 33.3 Å². The summed E-state index contributed by atoms with van der Waals surface area (Å²) in [5, 5.41) is 2.88. The number of ether oxygens (including phenoxy) is 4. The van der Waals surface area contributed by atoms with E-state index in [1.807, 2.05) is 59.7 Å². The fraction of sp³-hybridized carbons (Fsp3) is 0.703. The van der Waals surface area contributed by atoms with Crippen LogP contribution in [0.1, 0.15) is 99.6 Å². The van der Waals surface area contributed by atoms with Crippen LogP contribution in [0.3, 0.4) is 0 Å². The number of carbonyl (C=O) groups is 3. The molecule has 264 valence electrons. The minimum absolute atomic E-state index is 0.116. The molecule has 11 nitrogen and oxygen atoms in total. The molecule has 1 aromatic heterocycles. The molecule has 2 bridgehead atoms. The molecule has 1 saturated heterocycles. The predicted molar refractivity (Wildman–Crippen MR) is 182 cm³/mol. The number of rotatable bonds is 4. The first-order valence-electron chi connectivity index (χ1n) is 17.6. The zero-order valence-corrected chi connectivity index (χ0v) is 30.1. The third kappa shape index (κ3) is 8.50. The summed E-state index contributed by atoms with van der Waals surface area (Å²) in [5.74, 6) is 0.301. The van der Waals surface area contributed by atoms with Crippen LogP contribution in [0.25, 0.3) is 11.0 Å². The summed E-state index contributed by atoms with van der Waals surface area (Å²) in [6.07, 6.45) is 4.62. The van der Waals surface area contributed by atoms with E-state index in [2.05, 4.69) is 19.2 Å². The second-order valence-corrected chi connectivity index (χ2v) is 16.2. The number of carbonyl (C=O) groups excluding carboxylic acids is 3. The second-order valence-electron chi connectivity index (χ2n) is 16.2. The minimum atomic E-state index is -0.951. The van der Waals surface area contributed by atoms with Gasteiger partial charge in [0.1, 0.15) is 41.3 Å². The monoisotopic (exact) mass is 666 g/mol. The Bertz CT molecular complexity index is 1500. The van der Waals surface area contributed by atoms with Gasteiger partial charge >= 0.3 is 12.1 Å². The van der Waals surface area contributed by atoms with Gasteiger partial charge in [0.15, 0.2) is 0 Å². The molecule has 6 atom stereocenters. The van der Waals surface area contributed by atoms with Crippen LogP contribution in [0, 0.1) is 23.2 Å². The molecule has 3 heterocycles. The summed E-state index contributed by atoms with van der Waals surface area (Å²) in [4.78, 5) is 53.4. The Balaban J connectivity index is 1.60. The SMILES string of the molecule is COc1ccc2nc3c(nc2c1)OC1CN(C(=O)C(C(C)(C)C)NC(=O)OC2CC2CCCCC3)C(C(=O)OC(C)(C)C)C1CC(C)C. The number of benzene rings is 1.